The fraction of sp³-hybridized carbons (Fsp3) is 0.889. The number of alkyl halides is 1. The van der Waals surface area contributed by atoms with Crippen molar-refractivity contribution in [1.82, 2.24) is 10.6 Å². The molecular weight excluding hydrogens is 268 g/mol. The van der Waals surface area contributed by atoms with Crippen LogP contribution in [-0.4, -0.2) is 80.6 Å². The molecule has 0 aromatic rings. The summed E-state index contributed by atoms with van der Waals surface area (Å²) in [5.41, 5.74) is 0. The third-order valence-corrected chi connectivity index (χ3v) is 3.00. The number of rotatable bonds is 3. The number of nitrogens with one attached hydrogen (secondary N) is 2. The summed E-state index contributed by atoms with van der Waals surface area (Å²) in [6, 6.07) is -2.01. The maximum Gasteiger partial charge on any atom is 0.315 e. The van der Waals surface area contributed by atoms with Crippen LogP contribution in [0, 0.1) is 0 Å². The number of hydrogen-bond acceptors (Lipinski definition) is 6. The Bertz CT molecular complexity index is 278. The molecule has 106 valence electrons. The van der Waals surface area contributed by atoms with E-state index in [1.54, 1.807) is 0 Å². The Morgan fingerprint density at radius 3 is 1.83 bits per heavy atom. The van der Waals surface area contributed by atoms with Crippen LogP contribution in [0.2, 0.25) is 0 Å². The molecule has 1 saturated carbocycles. The van der Waals surface area contributed by atoms with E-state index in [4.69, 9.17) is 11.6 Å². The van der Waals surface area contributed by atoms with Crippen molar-refractivity contribution in [2.24, 2.45) is 0 Å². The molecule has 0 saturated heterocycles. The van der Waals surface area contributed by atoms with Crippen LogP contribution in [0.3, 0.4) is 0 Å². The molecular formula is C9H17ClN2O6. The molecule has 0 aromatic carbocycles. The number of aliphatic hydroxyl groups is 5. The lowest BCUT2D eigenvalue weighted by Crippen LogP contribution is -2.69. The van der Waals surface area contributed by atoms with E-state index in [-0.39, 0.29) is 12.4 Å². The van der Waals surface area contributed by atoms with Crippen LogP contribution in [0.5, 0.6) is 0 Å². The molecule has 8 nitrogen and oxygen atoms in total. The lowest BCUT2D eigenvalue weighted by molar-refractivity contribution is -0.188. The summed E-state index contributed by atoms with van der Waals surface area (Å²) < 4.78 is 0. The van der Waals surface area contributed by atoms with Crippen LogP contribution >= 0.6 is 11.6 Å². The Morgan fingerprint density at radius 2 is 1.39 bits per heavy atom. The summed E-state index contributed by atoms with van der Waals surface area (Å²) in [6.45, 7) is 0.181. The SMILES string of the molecule is O=C(NCCCl)NC1C(O)C(O)C(O)C(O)C1O. The summed E-state index contributed by atoms with van der Waals surface area (Å²) in [4.78, 5) is 11.3. The van der Waals surface area contributed by atoms with Crippen molar-refractivity contribution >= 4 is 17.6 Å². The minimum absolute atomic E-state index is 0.181. The van der Waals surface area contributed by atoms with E-state index >= 15 is 0 Å². The molecule has 0 heterocycles. The predicted octanol–water partition coefficient (Wildman–Crippen LogP) is -3.29. The summed E-state index contributed by atoms with van der Waals surface area (Å²) in [5, 5.41) is 51.9. The average molecular weight is 285 g/mol. The van der Waals surface area contributed by atoms with Gasteiger partial charge in [0.25, 0.3) is 0 Å². The normalized spacial score (nSPS) is 40.3. The first kappa shape index (κ1) is 15.4. The van der Waals surface area contributed by atoms with Gasteiger partial charge in [0.05, 0.1) is 6.04 Å². The zero-order chi connectivity index (χ0) is 13.9. The van der Waals surface area contributed by atoms with Crippen LogP contribution in [0.1, 0.15) is 0 Å². The van der Waals surface area contributed by atoms with E-state index < -0.39 is 42.6 Å². The van der Waals surface area contributed by atoms with E-state index in [1.165, 1.54) is 0 Å². The van der Waals surface area contributed by atoms with Crippen LogP contribution in [0.15, 0.2) is 0 Å². The fourth-order valence-corrected chi connectivity index (χ4v) is 1.86. The molecule has 0 bridgehead atoms. The summed E-state index contributed by atoms with van der Waals surface area (Å²) in [5.74, 6) is 0.188. The standard InChI is InChI=1S/C9H17ClN2O6/c10-1-2-11-9(18)12-3-4(13)6(15)8(17)7(16)5(3)14/h3-8,13-17H,1-2H2,(H2,11,12,18). The zero-order valence-corrected chi connectivity index (χ0v) is 10.2. The predicted molar refractivity (Wildman–Crippen MR) is 61.1 cm³/mol. The number of urea groups is 1. The number of carbonyl (C=O) groups is 1. The molecule has 1 aliphatic rings. The lowest BCUT2D eigenvalue weighted by Gasteiger charge is -2.41. The number of aliphatic hydroxyl groups excluding tert-OH is 5. The lowest BCUT2D eigenvalue weighted by atomic mass is 9.83. The molecule has 0 spiro atoms. The van der Waals surface area contributed by atoms with Gasteiger partial charge in [0.15, 0.2) is 0 Å². The molecule has 1 aliphatic carbocycles. The molecule has 4 atom stereocenters. The molecule has 0 radical (unpaired) electrons. The molecule has 0 aliphatic heterocycles. The quantitative estimate of drug-likeness (QED) is 0.271. The monoisotopic (exact) mass is 284 g/mol. The fourth-order valence-electron chi connectivity index (χ4n) is 1.77. The topological polar surface area (TPSA) is 142 Å². The van der Waals surface area contributed by atoms with Crippen LogP contribution in [0.25, 0.3) is 0 Å². The minimum Gasteiger partial charge on any atom is -0.388 e. The highest BCUT2D eigenvalue weighted by Gasteiger charge is 2.48. The summed E-state index contributed by atoms with van der Waals surface area (Å²) in [7, 11) is 0. The first-order chi connectivity index (χ1) is 8.40. The molecule has 4 unspecified atom stereocenters. The highest BCUT2D eigenvalue weighted by Crippen LogP contribution is 2.21. The summed E-state index contributed by atoms with van der Waals surface area (Å²) >= 11 is 5.36. The van der Waals surface area contributed by atoms with Crippen molar-refractivity contribution in [3.63, 3.8) is 0 Å². The Hall–Kier alpha value is -0.640. The van der Waals surface area contributed by atoms with Crippen LogP contribution in [0.4, 0.5) is 4.79 Å². The number of halogens is 1. The second-order valence-corrected chi connectivity index (χ2v) is 4.45. The second-order valence-electron chi connectivity index (χ2n) is 4.07. The second kappa shape index (κ2) is 6.50. The molecule has 2 amide bonds. The van der Waals surface area contributed by atoms with Crippen molar-refractivity contribution in [1.29, 1.82) is 0 Å². The first-order valence-electron chi connectivity index (χ1n) is 5.40. The van der Waals surface area contributed by atoms with Crippen molar-refractivity contribution in [2.75, 3.05) is 12.4 Å². The van der Waals surface area contributed by atoms with Crippen molar-refractivity contribution in [2.45, 2.75) is 36.6 Å². The van der Waals surface area contributed by atoms with Gasteiger partial charge in [-0.25, -0.2) is 4.79 Å². The Labute approximate surface area is 108 Å². The highest BCUT2D eigenvalue weighted by molar-refractivity contribution is 6.18. The van der Waals surface area contributed by atoms with Gasteiger partial charge in [0.2, 0.25) is 0 Å². The maximum atomic E-state index is 11.3. The number of amides is 2. The minimum atomic E-state index is -1.68. The van der Waals surface area contributed by atoms with E-state index in [9.17, 15) is 30.3 Å². The zero-order valence-electron chi connectivity index (χ0n) is 9.40. The number of carbonyl (C=O) groups excluding carboxylic acids is 1. The molecule has 7 N–H and O–H groups in total. The Kier molecular flexibility index (Phi) is 5.57. The van der Waals surface area contributed by atoms with Gasteiger partial charge in [-0.3, -0.25) is 0 Å². The highest BCUT2D eigenvalue weighted by atomic mass is 35.5. The van der Waals surface area contributed by atoms with Gasteiger partial charge in [-0.2, -0.15) is 0 Å². The number of hydrogen-bond donors (Lipinski definition) is 7. The van der Waals surface area contributed by atoms with Gasteiger partial charge in [0, 0.05) is 12.4 Å². The smallest absolute Gasteiger partial charge is 0.315 e. The molecule has 1 fully saturated rings. The largest absolute Gasteiger partial charge is 0.388 e. The first-order valence-corrected chi connectivity index (χ1v) is 5.94. The van der Waals surface area contributed by atoms with Crippen LogP contribution in [-0.2, 0) is 0 Å². The van der Waals surface area contributed by atoms with E-state index in [2.05, 4.69) is 10.6 Å². The third-order valence-electron chi connectivity index (χ3n) is 2.81. The van der Waals surface area contributed by atoms with Gasteiger partial charge in [-0.15, -0.1) is 11.6 Å². The Morgan fingerprint density at radius 1 is 0.944 bits per heavy atom. The summed E-state index contributed by atoms with van der Waals surface area (Å²) in [6.07, 6.45) is -8.21. The third kappa shape index (κ3) is 3.22. The van der Waals surface area contributed by atoms with E-state index in [1.807, 2.05) is 0 Å². The maximum absolute atomic E-state index is 11.3. The van der Waals surface area contributed by atoms with Crippen molar-refractivity contribution in [3.8, 4) is 0 Å². The molecule has 0 aromatic heterocycles. The van der Waals surface area contributed by atoms with Gasteiger partial charge in [-0.05, 0) is 0 Å². The Balaban J connectivity index is 2.65. The molecule has 9 heteroatoms. The molecule has 18 heavy (non-hydrogen) atoms. The van der Waals surface area contributed by atoms with Gasteiger partial charge in [0.1, 0.15) is 30.5 Å². The van der Waals surface area contributed by atoms with E-state index in [0.29, 0.717) is 0 Å². The van der Waals surface area contributed by atoms with Gasteiger partial charge < -0.3 is 36.2 Å². The van der Waals surface area contributed by atoms with Crippen molar-refractivity contribution in [3.05, 3.63) is 0 Å². The van der Waals surface area contributed by atoms with Crippen molar-refractivity contribution < 1.29 is 30.3 Å². The molecule has 1 rings (SSSR count). The van der Waals surface area contributed by atoms with Gasteiger partial charge in [-0.1, -0.05) is 0 Å². The van der Waals surface area contributed by atoms with E-state index in [0.717, 1.165) is 0 Å². The van der Waals surface area contributed by atoms with Gasteiger partial charge >= 0.3 is 6.03 Å². The average Bonchev–Trinajstić information content (AvgIpc) is 2.36. The van der Waals surface area contributed by atoms with Crippen LogP contribution < -0.4 is 10.6 Å².